The number of nitrogens with one attached hydrogen (secondary N) is 2. The number of nitrogens with zero attached hydrogens (tertiary/aromatic N) is 2. The number of thiophene rings is 1. The number of hydrazone groups is 1. The van der Waals surface area contributed by atoms with Gasteiger partial charge in [0, 0.05) is 21.4 Å². The molecule has 0 bridgehead atoms. The van der Waals surface area contributed by atoms with E-state index in [1.165, 1.54) is 17.6 Å². The predicted molar refractivity (Wildman–Crippen MR) is 129 cm³/mol. The van der Waals surface area contributed by atoms with Gasteiger partial charge in [-0.1, -0.05) is 54.1 Å². The lowest BCUT2D eigenvalue weighted by atomic mass is 10.2. The Morgan fingerprint density at radius 2 is 1.78 bits per heavy atom. The van der Waals surface area contributed by atoms with Gasteiger partial charge in [-0.2, -0.15) is 5.10 Å². The monoisotopic (exact) mass is 460 g/mol. The first-order chi connectivity index (χ1) is 15.6. The molecule has 8 heteroatoms. The maximum Gasteiger partial charge on any atom is 0.287 e. The first kappa shape index (κ1) is 21.4. The summed E-state index contributed by atoms with van der Waals surface area (Å²) in [6.07, 6.45) is 3.02. The zero-order chi connectivity index (χ0) is 22.3. The SMILES string of the molecule is O=C(N/N=C/c1cc2ccccc2nc1Cl)/C(=C/c1cccs1)NC(=O)c1ccccc1. The molecule has 2 N–H and O–H groups in total. The van der Waals surface area contributed by atoms with Crippen LogP contribution in [0.25, 0.3) is 17.0 Å². The Balaban J connectivity index is 1.52. The highest BCUT2D eigenvalue weighted by Gasteiger charge is 2.14. The van der Waals surface area contributed by atoms with Crippen LogP contribution in [-0.2, 0) is 4.79 Å². The number of fused-ring (bicyclic) bond motifs is 1. The molecule has 4 aromatic rings. The van der Waals surface area contributed by atoms with Gasteiger partial charge >= 0.3 is 0 Å². The van der Waals surface area contributed by atoms with Crippen molar-refractivity contribution in [1.82, 2.24) is 15.7 Å². The van der Waals surface area contributed by atoms with Crippen molar-refractivity contribution in [3.05, 3.63) is 105 Å². The molecular formula is C24H17ClN4O2S. The van der Waals surface area contributed by atoms with Crippen LogP contribution >= 0.6 is 22.9 Å². The van der Waals surface area contributed by atoms with Gasteiger partial charge in [-0.3, -0.25) is 9.59 Å². The molecule has 158 valence electrons. The molecule has 0 aliphatic carbocycles. The molecule has 0 saturated carbocycles. The van der Waals surface area contributed by atoms with Crippen LogP contribution in [0.2, 0.25) is 5.15 Å². The molecule has 2 amide bonds. The van der Waals surface area contributed by atoms with E-state index in [1.54, 1.807) is 30.3 Å². The van der Waals surface area contributed by atoms with E-state index in [-0.39, 0.29) is 10.9 Å². The molecule has 0 aliphatic rings. The molecule has 0 spiro atoms. The van der Waals surface area contributed by atoms with Crippen LogP contribution in [0.4, 0.5) is 0 Å². The highest BCUT2D eigenvalue weighted by Crippen LogP contribution is 2.19. The fourth-order valence-corrected chi connectivity index (χ4v) is 3.73. The summed E-state index contributed by atoms with van der Waals surface area (Å²) in [6, 6.07) is 21.7. The quantitative estimate of drug-likeness (QED) is 0.186. The zero-order valence-electron chi connectivity index (χ0n) is 16.7. The van der Waals surface area contributed by atoms with Gasteiger partial charge in [-0.25, -0.2) is 10.4 Å². The molecule has 2 aromatic carbocycles. The number of rotatable bonds is 6. The van der Waals surface area contributed by atoms with Gasteiger partial charge in [0.25, 0.3) is 11.8 Å². The number of amides is 2. The number of aromatic nitrogens is 1. The second-order valence-corrected chi connectivity index (χ2v) is 7.99. The minimum absolute atomic E-state index is 0.0705. The Labute approximate surface area is 193 Å². The number of para-hydroxylation sites is 1. The topological polar surface area (TPSA) is 83.4 Å². The van der Waals surface area contributed by atoms with E-state index in [0.717, 1.165) is 15.8 Å². The number of halogens is 1. The van der Waals surface area contributed by atoms with Gasteiger partial charge in [-0.15, -0.1) is 11.3 Å². The van der Waals surface area contributed by atoms with Crippen LogP contribution < -0.4 is 10.7 Å². The van der Waals surface area contributed by atoms with Crippen molar-refractivity contribution in [3.63, 3.8) is 0 Å². The summed E-state index contributed by atoms with van der Waals surface area (Å²) in [7, 11) is 0. The molecule has 2 aromatic heterocycles. The molecule has 0 saturated heterocycles. The highest BCUT2D eigenvalue weighted by molar-refractivity contribution is 7.10. The van der Waals surface area contributed by atoms with Gasteiger partial charge < -0.3 is 5.32 Å². The standard InChI is InChI=1S/C24H17ClN4O2S/c25-22-18(13-17-9-4-5-11-20(17)27-22)15-26-29-24(31)21(14-19-10-6-12-32-19)28-23(30)16-7-2-1-3-8-16/h1-15H,(H,28,30)(H,29,31)/b21-14-,26-15+. The Hall–Kier alpha value is -3.81. The summed E-state index contributed by atoms with van der Waals surface area (Å²) in [6.45, 7) is 0. The first-order valence-corrected chi connectivity index (χ1v) is 10.9. The van der Waals surface area contributed by atoms with Gasteiger partial charge in [0.15, 0.2) is 0 Å². The number of pyridine rings is 1. The summed E-state index contributed by atoms with van der Waals surface area (Å²) < 4.78 is 0. The van der Waals surface area contributed by atoms with Crippen LogP contribution in [0.5, 0.6) is 0 Å². The van der Waals surface area contributed by atoms with E-state index in [9.17, 15) is 9.59 Å². The molecule has 32 heavy (non-hydrogen) atoms. The summed E-state index contributed by atoms with van der Waals surface area (Å²) in [5, 5.41) is 9.72. The largest absolute Gasteiger partial charge is 0.317 e. The lowest BCUT2D eigenvalue weighted by Crippen LogP contribution is -2.32. The van der Waals surface area contributed by atoms with E-state index in [4.69, 9.17) is 11.6 Å². The second-order valence-electron chi connectivity index (χ2n) is 6.65. The van der Waals surface area contributed by atoms with Gasteiger partial charge in [0.2, 0.25) is 0 Å². The van der Waals surface area contributed by atoms with E-state index in [1.807, 2.05) is 53.9 Å². The van der Waals surface area contributed by atoms with Crippen molar-refractivity contribution in [2.45, 2.75) is 0 Å². The lowest BCUT2D eigenvalue weighted by Gasteiger charge is -2.09. The van der Waals surface area contributed by atoms with Crippen LogP contribution in [0.1, 0.15) is 20.8 Å². The molecule has 4 rings (SSSR count). The lowest BCUT2D eigenvalue weighted by molar-refractivity contribution is -0.117. The molecule has 0 atom stereocenters. The average molecular weight is 461 g/mol. The van der Waals surface area contributed by atoms with Crippen LogP contribution in [0, 0.1) is 0 Å². The van der Waals surface area contributed by atoms with Gasteiger partial charge in [0.1, 0.15) is 10.9 Å². The van der Waals surface area contributed by atoms with Crippen molar-refractivity contribution >= 4 is 57.9 Å². The van der Waals surface area contributed by atoms with Crippen molar-refractivity contribution in [2.24, 2.45) is 5.10 Å². The summed E-state index contributed by atoms with van der Waals surface area (Å²) in [4.78, 5) is 30.5. The third kappa shape index (κ3) is 5.26. The number of hydrogen-bond acceptors (Lipinski definition) is 5. The van der Waals surface area contributed by atoms with E-state index >= 15 is 0 Å². The summed E-state index contributed by atoms with van der Waals surface area (Å²) in [5.74, 6) is -0.960. The van der Waals surface area contributed by atoms with E-state index in [0.29, 0.717) is 11.1 Å². The number of carbonyl (C=O) groups excluding carboxylic acids is 2. The van der Waals surface area contributed by atoms with Crippen molar-refractivity contribution < 1.29 is 9.59 Å². The molecule has 0 fully saturated rings. The maximum absolute atomic E-state index is 12.8. The van der Waals surface area contributed by atoms with Crippen molar-refractivity contribution in [2.75, 3.05) is 0 Å². The number of hydrogen-bond donors (Lipinski definition) is 2. The second kappa shape index (κ2) is 10.00. The summed E-state index contributed by atoms with van der Waals surface area (Å²) in [5.41, 5.74) is 4.28. The van der Waals surface area contributed by atoms with E-state index in [2.05, 4.69) is 20.8 Å². The van der Waals surface area contributed by atoms with Crippen LogP contribution in [-0.4, -0.2) is 23.0 Å². The highest BCUT2D eigenvalue weighted by atomic mass is 35.5. The molecule has 0 aliphatic heterocycles. The zero-order valence-corrected chi connectivity index (χ0v) is 18.2. The summed E-state index contributed by atoms with van der Waals surface area (Å²) >= 11 is 7.67. The predicted octanol–water partition coefficient (Wildman–Crippen LogP) is 4.87. The molecule has 0 unspecified atom stereocenters. The smallest absolute Gasteiger partial charge is 0.287 e. The fraction of sp³-hybridized carbons (Fsp3) is 0. The Morgan fingerprint density at radius 1 is 1.00 bits per heavy atom. The first-order valence-electron chi connectivity index (χ1n) is 9.60. The molecule has 0 radical (unpaired) electrons. The normalized spacial score (nSPS) is 11.6. The van der Waals surface area contributed by atoms with Crippen LogP contribution in [0.15, 0.2) is 89.0 Å². The minimum Gasteiger partial charge on any atom is -0.317 e. The van der Waals surface area contributed by atoms with Crippen LogP contribution in [0.3, 0.4) is 0 Å². The van der Waals surface area contributed by atoms with Gasteiger partial charge in [-0.05, 0) is 41.8 Å². The molecule has 2 heterocycles. The Bertz CT molecular complexity index is 1320. The van der Waals surface area contributed by atoms with E-state index < -0.39 is 11.8 Å². The Morgan fingerprint density at radius 3 is 2.56 bits per heavy atom. The van der Waals surface area contributed by atoms with Crippen molar-refractivity contribution in [3.8, 4) is 0 Å². The third-order valence-electron chi connectivity index (χ3n) is 4.43. The van der Waals surface area contributed by atoms with Gasteiger partial charge in [0.05, 0.1) is 11.7 Å². The fourth-order valence-electron chi connectivity index (χ4n) is 2.88. The van der Waals surface area contributed by atoms with Crippen molar-refractivity contribution in [1.29, 1.82) is 0 Å². The molecule has 6 nitrogen and oxygen atoms in total. The minimum atomic E-state index is -0.566. The molecular weight excluding hydrogens is 444 g/mol. The Kier molecular flexibility index (Phi) is 6.69. The third-order valence-corrected chi connectivity index (χ3v) is 5.55. The maximum atomic E-state index is 12.8. The number of carbonyl (C=O) groups is 2. The average Bonchev–Trinajstić information content (AvgIpc) is 3.32. The number of benzene rings is 2.